The predicted molar refractivity (Wildman–Crippen MR) is 57.9 cm³/mol. The fraction of sp³-hybridized carbons (Fsp3) is 0.900. The molecule has 13 heavy (non-hydrogen) atoms. The minimum Gasteiger partial charge on any atom is -0.338 e. The van der Waals surface area contributed by atoms with Crippen LogP contribution in [0.2, 0.25) is 0 Å². The molecule has 0 bridgehead atoms. The first-order valence-corrected chi connectivity index (χ1v) is 5.26. The summed E-state index contributed by atoms with van der Waals surface area (Å²) in [4.78, 5) is 13.0. The van der Waals surface area contributed by atoms with E-state index in [1.807, 2.05) is 32.7 Å². The third-order valence-corrected chi connectivity index (χ3v) is 2.27. The highest BCUT2D eigenvalue weighted by Gasteiger charge is 2.24. The highest BCUT2D eigenvalue weighted by atomic mass is 16.2. The number of nitrogens with one attached hydrogen (secondary N) is 1. The Hall–Kier alpha value is -0.730. The Morgan fingerprint density at radius 3 is 2.38 bits per heavy atom. The molecule has 0 unspecified atom stereocenters. The fourth-order valence-electron chi connectivity index (χ4n) is 1.22. The number of rotatable bonds is 2. The maximum atomic E-state index is 11.2. The van der Waals surface area contributed by atoms with Crippen molar-refractivity contribution in [2.24, 2.45) is 0 Å². The van der Waals surface area contributed by atoms with Gasteiger partial charge in [0.05, 0.1) is 0 Å². The van der Waals surface area contributed by atoms with Crippen LogP contribution in [-0.2, 0) is 0 Å². The van der Waals surface area contributed by atoms with Gasteiger partial charge in [0, 0.05) is 21.1 Å². The lowest BCUT2D eigenvalue weighted by Crippen LogP contribution is -2.46. The lowest BCUT2D eigenvalue weighted by molar-refractivity contribution is 0.158. The monoisotopic (exact) mass is 188 g/mol. The van der Waals surface area contributed by atoms with E-state index in [0.29, 0.717) is 6.04 Å². The van der Waals surface area contributed by atoms with Gasteiger partial charge in [-0.15, -0.1) is 0 Å². The average Bonchev–Trinajstić information content (AvgIpc) is 2.05. The second-order valence-corrected chi connectivity index (χ2v) is 3.03. The largest absolute Gasteiger partial charge is 0.338 e. The van der Waals surface area contributed by atoms with Crippen LogP contribution in [0.5, 0.6) is 0 Å². The molecule has 2 amide bonds. The number of carbonyl (C=O) groups is 1. The molecule has 0 radical (unpaired) electrons. The third-order valence-electron chi connectivity index (χ3n) is 2.27. The number of carbonyl (C=O) groups excluding carboxylic acids is 1. The maximum absolute atomic E-state index is 11.2. The molecule has 3 heteroatoms. The molecular formula is C10H24N2O. The van der Waals surface area contributed by atoms with Gasteiger partial charge in [0.2, 0.25) is 0 Å². The van der Waals surface area contributed by atoms with Crippen LogP contribution >= 0.6 is 0 Å². The van der Waals surface area contributed by atoms with E-state index in [1.54, 1.807) is 0 Å². The molecule has 0 aromatic carbocycles. The lowest BCUT2D eigenvalue weighted by Gasteiger charge is -2.34. The molecule has 0 heterocycles. The molecule has 1 rings (SSSR count). The van der Waals surface area contributed by atoms with Crippen LogP contribution in [0, 0.1) is 0 Å². The molecule has 3 nitrogen and oxygen atoms in total. The Kier molecular flexibility index (Phi) is 6.37. The van der Waals surface area contributed by atoms with Crippen LogP contribution < -0.4 is 5.32 Å². The Balaban J connectivity index is 0. The molecule has 0 aromatic heterocycles. The van der Waals surface area contributed by atoms with Crippen molar-refractivity contribution in [2.75, 3.05) is 13.6 Å². The van der Waals surface area contributed by atoms with E-state index in [-0.39, 0.29) is 7.46 Å². The van der Waals surface area contributed by atoms with Crippen molar-refractivity contribution >= 4 is 6.03 Å². The first kappa shape index (κ1) is 12.3. The Labute approximate surface area is 83.0 Å². The Bertz CT molecular complexity index is 149. The highest BCUT2D eigenvalue weighted by Crippen LogP contribution is 2.23. The van der Waals surface area contributed by atoms with E-state index >= 15 is 0 Å². The van der Waals surface area contributed by atoms with E-state index in [9.17, 15) is 4.79 Å². The van der Waals surface area contributed by atoms with Crippen molar-refractivity contribution in [2.45, 2.75) is 46.1 Å². The molecule has 0 aliphatic heterocycles. The summed E-state index contributed by atoms with van der Waals surface area (Å²) in [6.07, 6.45) is 3.62. The molecule has 1 N–H and O–H groups in total. The van der Waals surface area contributed by atoms with Gasteiger partial charge in [-0.25, -0.2) is 4.79 Å². The molecule has 1 saturated carbocycles. The third kappa shape index (κ3) is 3.66. The predicted octanol–water partition coefficient (Wildman–Crippen LogP) is 2.47. The van der Waals surface area contributed by atoms with E-state index in [2.05, 4.69) is 5.32 Å². The highest BCUT2D eigenvalue weighted by molar-refractivity contribution is 5.74. The van der Waals surface area contributed by atoms with E-state index < -0.39 is 0 Å². The van der Waals surface area contributed by atoms with E-state index in [1.165, 1.54) is 19.3 Å². The molecule has 0 spiro atoms. The zero-order valence-electron chi connectivity index (χ0n) is 9.26. The fourth-order valence-corrected chi connectivity index (χ4v) is 1.22. The number of amides is 2. The lowest BCUT2D eigenvalue weighted by atomic mass is 9.92. The minimum atomic E-state index is 0. The van der Waals surface area contributed by atoms with Crippen LogP contribution in [0.4, 0.5) is 4.79 Å². The smallest absolute Gasteiger partial charge is 0.317 e. The molecular weight excluding hydrogens is 164 g/mol. The summed E-state index contributed by atoms with van der Waals surface area (Å²) in [7, 11) is 1.87. The Morgan fingerprint density at radius 2 is 2.08 bits per heavy atom. The molecule has 80 valence electrons. The number of urea groups is 1. The van der Waals surface area contributed by atoms with Gasteiger partial charge in [-0.3, -0.25) is 0 Å². The zero-order chi connectivity index (χ0) is 10.3. The quantitative estimate of drug-likeness (QED) is 0.709. The normalized spacial score (nSPS) is 15.1. The van der Waals surface area contributed by atoms with Crippen LogP contribution in [-0.4, -0.2) is 30.6 Å². The summed E-state index contributed by atoms with van der Waals surface area (Å²) in [6, 6.07) is 0.568. The topological polar surface area (TPSA) is 32.3 Å². The minimum absolute atomic E-state index is 0. The van der Waals surface area contributed by atoms with Crippen molar-refractivity contribution in [3.8, 4) is 0 Å². The summed E-state index contributed by atoms with van der Waals surface area (Å²) in [5, 5.41) is 2.78. The van der Waals surface area contributed by atoms with Crippen molar-refractivity contribution in [1.82, 2.24) is 10.2 Å². The van der Waals surface area contributed by atoms with Crippen LogP contribution in [0.15, 0.2) is 0 Å². The van der Waals surface area contributed by atoms with Gasteiger partial charge in [0.15, 0.2) is 0 Å². The van der Waals surface area contributed by atoms with Gasteiger partial charge in [-0.1, -0.05) is 13.8 Å². The SMILES string of the molecule is CC.CCNC(=O)N(C)C1CCC1.[HH]. The Morgan fingerprint density at radius 1 is 1.54 bits per heavy atom. The summed E-state index contributed by atoms with van der Waals surface area (Å²) < 4.78 is 0. The second-order valence-electron chi connectivity index (χ2n) is 3.03. The summed E-state index contributed by atoms with van der Waals surface area (Å²) >= 11 is 0. The number of nitrogens with zero attached hydrogens (tertiary/aromatic N) is 1. The van der Waals surface area contributed by atoms with Gasteiger partial charge in [0.25, 0.3) is 0 Å². The van der Waals surface area contributed by atoms with Gasteiger partial charge in [-0.05, 0) is 26.2 Å². The summed E-state index contributed by atoms with van der Waals surface area (Å²) in [6.45, 7) is 6.66. The molecule has 1 aliphatic rings. The average molecular weight is 188 g/mol. The zero-order valence-corrected chi connectivity index (χ0v) is 9.26. The van der Waals surface area contributed by atoms with Gasteiger partial charge < -0.3 is 10.2 Å². The molecule has 1 aliphatic carbocycles. The number of hydrogen-bond acceptors (Lipinski definition) is 1. The van der Waals surface area contributed by atoms with Gasteiger partial charge in [-0.2, -0.15) is 0 Å². The summed E-state index contributed by atoms with van der Waals surface area (Å²) in [5.74, 6) is 0. The number of hydrogen-bond donors (Lipinski definition) is 1. The van der Waals surface area contributed by atoms with Crippen molar-refractivity contribution in [3.05, 3.63) is 0 Å². The second kappa shape index (κ2) is 6.75. The van der Waals surface area contributed by atoms with Crippen molar-refractivity contribution < 1.29 is 6.22 Å². The van der Waals surface area contributed by atoms with Crippen LogP contribution in [0.3, 0.4) is 0 Å². The van der Waals surface area contributed by atoms with Crippen LogP contribution in [0.1, 0.15) is 41.5 Å². The molecule has 1 fully saturated rings. The van der Waals surface area contributed by atoms with Gasteiger partial charge >= 0.3 is 6.03 Å². The standard InChI is InChI=1S/C8H16N2O.C2H6.H2/c1-3-9-8(11)10(2)7-5-4-6-7;1-2;/h7H,3-6H2,1-2H3,(H,9,11);1-2H3;1H. The van der Waals surface area contributed by atoms with Crippen LogP contribution in [0.25, 0.3) is 0 Å². The first-order chi connectivity index (χ1) is 6.25. The molecule has 0 saturated heterocycles. The van der Waals surface area contributed by atoms with Crippen molar-refractivity contribution in [1.29, 1.82) is 0 Å². The van der Waals surface area contributed by atoms with E-state index in [4.69, 9.17) is 0 Å². The molecule has 0 atom stereocenters. The molecule has 0 aromatic rings. The first-order valence-electron chi connectivity index (χ1n) is 5.26. The van der Waals surface area contributed by atoms with E-state index in [0.717, 1.165) is 6.54 Å². The van der Waals surface area contributed by atoms with Gasteiger partial charge in [0.1, 0.15) is 0 Å². The maximum Gasteiger partial charge on any atom is 0.317 e. The van der Waals surface area contributed by atoms with Crippen molar-refractivity contribution in [3.63, 3.8) is 0 Å². The summed E-state index contributed by atoms with van der Waals surface area (Å²) in [5.41, 5.74) is 0.